The smallest absolute Gasteiger partial charge is 0.342 e. The molecule has 202 valence electrons. The van der Waals surface area contributed by atoms with Crippen LogP contribution in [0, 0.1) is 6.92 Å². The molecule has 4 aromatic rings. The first-order valence-corrected chi connectivity index (χ1v) is 13.2. The number of nitrogens with zero attached hydrogens (tertiary/aromatic N) is 2. The molecule has 5 rings (SSSR count). The second-order valence-electron chi connectivity index (χ2n) is 10.5. The highest BCUT2D eigenvalue weighted by molar-refractivity contribution is 6.02. The van der Waals surface area contributed by atoms with Gasteiger partial charge in [0.05, 0.1) is 18.2 Å². The van der Waals surface area contributed by atoms with Gasteiger partial charge in [0.2, 0.25) is 0 Å². The molecule has 7 heteroatoms. The van der Waals surface area contributed by atoms with Crippen LogP contribution < -0.4 is 15.1 Å². The summed E-state index contributed by atoms with van der Waals surface area (Å²) >= 11 is 0. The molecular weight excluding hydrogens is 492 g/mol. The lowest BCUT2D eigenvalue weighted by molar-refractivity contribution is -0.0171. The zero-order valence-corrected chi connectivity index (χ0v) is 22.9. The van der Waals surface area contributed by atoms with Gasteiger partial charge < -0.3 is 18.8 Å². The monoisotopic (exact) mass is 526 g/mol. The molecule has 1 fully saturated rings. The molecule has 2 heterocycles. The number of fused-ring (bicyclic) bond motifs is 1. The van der Waals surface area contributed by atoms with Crippen molar-refractivity contribution in [3.63, 3.8) is 0 Å². The van der Waals surface area contributed by atoms with Crippen LogP contribution in [0.3, 0.4) is 0 Å². The van der Waals surface area contributed by atoms with Crippen molar-refractivity contribution in [1.29, 1.82) is 0 Å². The van der Waals surface area contributed by atoms with E-state index in [0.29, 0.717) is 23.3 Å². The number of piperazine rings is 1. The van der Waals surface area contributed by atoms with Gasteiger partial charge in [-0.15, -0.1) is 0 Å². The van der Waals surface area contributed by atoms with E-state index in [9.17, 15) is 9.59 Å². The third-order valence-corrected chi connectivity index (χ3v) is 7.17. The van der Waals surface area contributed by atoms with Crippen LogP contribution in [0.15, 0.2) is 82.0 Å². The van der Waals surface area contributed by atoms with E-state index in [4.69, 9.17) is 13.9 Å². The van der Waals surface area contributed by atoms with E-state index < -0.39 is 11.6 Å². The molecule has 1 aliphatic heterocycles. The maximum absolute atomic E-state index is 13.4. The van der Waals surface area contributed by atoms with Crippen molar-refractivity contribution in [2.45, 2.75) is 26.4 Å². The predicted octanol–water partition coefficient (Wildman–Crippen LogP) is 5.53. The number of para-hydroxylation sites is 3. The zero-order chi connectivity index (χ0) is 27.6. The predicted molar refractivity (Wildman–Crippen MR) is 154 cm³/mol. The molecule has 39 heavy (non-hydrogen) atoms. The molecule has 1 aliphatic rings. The van der Waals surface area contributed by atoms with Crippen LogP contribution >= 0.6 is 0 Å². The fourth-order valence-electron chi connectivity index (χ4n) is 5.25. The standard InChI is InChI=1S/C32H34N2O5/c1-22-28(35)24-13-10-14-25(30(24)38-29(22)23-11-6-5-7-12-23)31(36)39-32(2,3)21-33-17-19-34(20-18-33)26-15-8-9-16-27(26)37-4/h5-16H,17-21H2,1-4H3. The highest BCUT2D eigenvalue weighted by Gasteiger charge is 2.30. The Hall–Kier alpha value is -4.10. The van der Waals surface area contributed by atoms with Gasteiger partial charge in [0, 0.05) is 43.9 Å². The summed E-state index contributed by atoms with van der Waals surface area (Å²) in [6.07, 6.45) is 0. The number of methoxy groups -OCH3 is 1. The molecule has 0 bridgehead atoms. The molecule has 0 amide bonds. The number of ether oxygens (including phenoxy) is 2. The molecule has 7 nitrogen and oxygen atoms in total. The van der Waals surface area contributed by atoms with Crippen LogP contribution in [-0.4, -0.2) is 56.3 Å². The summed E-state index contributed by atoms with van der Waals surface area (Å²) in [5.74, 6) is 0.817. The molecule has 1 aromatic heterocycles. The van der Waals surface area contributed by atoms with Crippen molar-refractivity contribution in [3.05, 3.63) is 94.1 Å². The van der Waals surface area contributed by atoms with E-state index in [2.05, 4.69) is 15.9 Å². The lowest BCUT2D eigenvalue weighted by atomic mass is 10.0. The maximum Gasteiger partial charge on any atom is 0.342 e. The Balaban J connectivity index is 1.32. The first-order chi connectivity index (χ1) is 18.8. The van der Waals surface area contributed by atoms with Gasteiger partial charge in [-0.25, -0.2) is 4.79 Å². The number of rotatable bonds is 7. The van der Waals surface area contributed by atoms with E-state index in [1.807, 2.05) is 62.4 Å². The third kappa shape index (κ3) is 5.54. The Morgan fingerprint density at radius 3 is 2.33 bits per heavy atom. The molecule has 0 spiro atoms. The van der Waals surface area contributed by atoms with Crippen LogP contribution in [0.2, 0.25) is 0 Å². The number of carbonyl (C=O) groups is 1. The normalized spacial score (nSPS) is 14.4. The minimum Gasteiger partial charge on any atom is -0.495 e. The van der Waals surface area contributed by atoms with Crippen molar-refractivity contribution in [3.8, 4) is 17.1 Å². The zero-order valence-electron chi connectivity index (χ0n) is 22.9. The maximum atomic E-state index is 13.4. The minimum atomic E-state index is -0.751. The first-order valence-electron chi connectivity index (χ1n) is 13.2. The van der Waals surface area contributed by atoms with Gasteiger partial charge in [0.25, 0.3) is 0 Å². The Labute approximate surface area is 228 Å². The summed E-state index contributed by atoms with van der Waals surface area (Å²) in [5, 5.41) is 0.367. The number of carbonyl (C=O) groups excluding carboxylic acids is 1. The Kier molecular flexibility index (Phi) is 7.44. The lowest BCUT2D eigenvalue weighted by Gasteiger charge is -2.39. The number of anilines is 1. The molecule has 0 N–H and O–H groups in total. The first kappa shape index (κ1) is 26.5. The van der Waals surface area contributed by atoms with Crippen LogP contribution in [0.4, 0.5) is 5.69 Å². The van der Waals surface area contributed by atoms with E-state index >= 15 is 0 Å². The summed E-state index contributed by atoms with van der Waals surface area (Å²) < 4.78 is 17.8. The summed E-state index contributed by atoms with van der Waals surface area (Å²) in [6, 6.07) is 22.5. The van der Waals surface area contributed by atoms with Crippen molar-refractivity contribution < 1.29 is 18.7 Å². The number of hydrogen-bond donors (Lipinski definition) is 0. The van der Waals surface area contributed by atoms with Crippen LogP contribution in [-0.2, 0) is 4.74 Å². The summed E-state index contributed by atoms with van der Waals surface area (Å²) in [5.41, 5.74) is 1.97. The van der Waals surface area contributed by atoms with E-state index in [-0.39, 0.29) is 16.6 Å². The van der Waals surface area contributed by atoms with Gasteiger partial charge >= 0.3 is 5.97 Å². The van der Waals surface area contributed by atoms with Crippen molar-refractivity contribution in [2.75, 3.05) is 44.7 Å². The van der Waals surface area contributed by atoms with Gasteiger partial charge in [0.15, 0.2) is 11.0 Å². The largest absolute Gasteiger partial charge is 0.495 e. The van der Waals surface area contributed by atoms with E-state index in [0.717, 1.165) is 43.2 Å². The third-order valence-electron chi connectivity index (χ3n) is 7.17. The molecule has 0 saturated carbocycles. The lowest BCUT2D eigenvalue weighted by Crippen LogP contribution is -2.51. The molecule has 0 atom stereocenters. The highest BCUT2D eigenvalue weighted by atomic mass is 16.6. The summed E-state index contributed by atoms with van der Waals surface area (Å²) in [7, 11) is 1.69. The van der Waals surface area contributed by atoms with Gasteiger partial charge in [-0.2, -0.15) is 0 Å². The van der Waals surface area contributed by atoms with Crippen LogP contribution in [0.25, 0.3) is 22.3 Å². The van der Waals surface area contributed by atoms with Gasteiger partial charge in [-0.1, -0.05) is 48.5 Å². The molecular formula is C32H34N2O5. The van der Waals surface area contributed by atoms with Gasteiger partial charge in [-0.05, 0) is 45.0 Å². The fraction of sp³-hybridized carbons (Fsp3) is 0.312. The number of esters is 1. The van der Waals surface area contributed by atoms with E-state index in [1.54, 1.807) is 32.2 Å². The summed E-state index contributed by atoms with van der Waals surface area (Å²) in [4.78, 5) is 31.2. The number of hydrogen-bond acceptors (Lipinski definition) is 7. The topological polar surface area (TPSA) is 72.2 Å². The molecule has 1 saturated heterocycles. The number of benzene rings is 3. The van der Waals surface area contributed by atoms with E-state index in [1.165, 1.54) is 0 Å². The Bertz CT molecular complexity index is 1540. The Morgan fingerprint density at radius 1 is 0.923 bits per heavy atom. The van der Waals surface area contributed by atoms with Gasteiger partial charge in [0.1, 0.15) is 22.7 Å². The highest BCUT2D eigenvalue weighted by Crippen LogP contribution is 2.30. The Morgan fingerprint density at radius 2 is 1.62 bits per heavy atom. The second-order valence-corrected chi connectivity index (χ2v) is 10.5. The van der Waals surface area contributed by atoms with Crippen LogP contribution in [0.1, 0.15) is 29.8 Å². The van der Waals surface area contributed by atoms with Crippen molar-refractivity contribution in [2.24, 2.45) is 0 Å². The van der Waals surface area contributed by atoms with Crippen LogP contribution in [0.5, 0.6) is 5.75 Å². The van der Waals surface area contributed by atoms with Crippen molar-refractivity contribution in [1.82, 2.24) is 4.90 Å². The average molecular weight is 527 g/mol. The molecule has 0 unspecified atom stereocenters. The van der Waals surface area contributed by atoms with Gasteiger partial charge in [-0.3, -0.25) is 9.69 Å². The molecule has 3 aromatic carbocycles. The quantitative estimate of drug-likeness (QED) is 0.293. The molecule has 0 aliphatic carbocycles. The average Bonchev–Trinajstić information content (AvgIpc) is 2.95. The van der Waals surface area contributed by atoms with Crippen molar-refractivity contribution >= 4 is 22.6 Å². The SMILES string of the molecule is COc1ccccc1N1CCN(CC(C)(C)OC(=O)c2cccc3c(=O)c(C)c(-c4ccccc4)oc23)CC1. The summed E-state index contributed by atoms with van der Waals surface area (Å²) in [6.45, 7) is 9.53. The second kappa shape index (κ2) is 10.9. The molecule has 0 radical (unpaired) electrons. The fourth-order valence-corrected chi connectivity index (χ4v) is 5.25. The minimum absolute atomic E-state index is 0.156.